The van der Waals surface area contributed by atoms with Crippen LogP contribution >= 0.6 is 11.6 Å². The molecule has 0 saturated heterocycles. The van der Waals surface area contributed by atoms with E-state index in [0.29, 0.717) is 11.5 Å². The summed E-state index contributed by atoms with van der Waals surface area (Å²) in [5.41, 5.74) is 1.56. The molecule has 6 heteroatoms. The molecule has 2 rings (SSSR count). The van der Waals surface area contributed by atoms with Gasteiger partial charge in [0.2, 0.25) is 0 Å². The zero-order valence-corrected chi connectivity index (χ0v) is 12.1. The summed E-state index contributed by atoms with van der Waals surface area (Å²) in [5.74, 6) is 0.998. The fourth-order valence-electron chi connectivity index (χ4n) is 1.89. The van der Waals surface area contributed by atoms with E-state index in [2.05, 4.69) is 20.6 Å². The fraction of sp³-hybridized carbons (Fsp3) is 0.286. The second kappa shape index (κ2) is 6.52. The molecule has 0 aliphatic rings. The molecule has 0 amide bonds. The Morgan fingerprint density at radius 2 is 1.95 bits per heavy atom. The topological polar surface area (TPSA) is 49.8 Å². The third-order valence-corrected chi connectivity index (χ3v) is 3.13. The first-order chi connectivity index (χ1) is 9.65. The molecule has 1 aromatic heterocycles. The van der Waals surface area contributed by atoms with Crippen molar-refractivity contribution >= 4 is 28.9 Å². The van der Waals surface area contributed by atoms with E-state index >= 15 is 0 Å². The molecular weight excluding hydrogens is 279 g/mol. The summed E-state index contributed by atoms with van der Waals surface area (Å²) >= 11 is 5.67. The predicted octanol–water partition coefficient (Wildman–Crippen LogP) is 4.01. The standard InChI is InChI=1S/C14H16ClFN4/c1-3-10-13(17-4-2)18-8-19-14(10)20-9-5-6-11(15)12(16)7-9/h5-8H,3-4H2,1-2H3,(H2,17,18,19,20). The molecule has 2 aromatic rings. The average molecular weight is 295 g/mol. The van der Waals surface area contributed by atoms with Gasteiger partial charge in [0.25, 0.3) is 0 Å². The summed E-state index contributed by atoms with van der Waals surface area (Å²) in [6.45, 7) is 4.80. The number of benzene rings is 1. The van der Waals surface area contributed by atoms with E-state index in [1.165, 1.54) is 18.5 Å². The zero-order chi connectivity index (χ0) is 14.5. The van der Waals surface area contributed by atoms with E-state index < -0.39 is 5.82 Å². The van der Waals surface area contributed by atoms with Crippen LogP contribution < -0.4 is 10.6 Å². The quantitative estimate of drug-likeness (QED) is 0.875. The highest BCUT2D eigenvalue weighted by molar-refractivity contribution is 6.30. The van der Waals surface area contributed by atoms with Crippen molar-refractivity contribution in [2.24, 2.45) is 0 Å². The summed E-state index contributed by atoms with van der Waals surface area (Å²) < 4.78 is 13.4. The first kappa shape index (κ1) is 14.5. The zero-order valence-electron chi connectivity index (χ0n) is 11.4. The van der Waals surface area contributed by atoms with Gasteiger partial charge >= 0.3 is 0 Å². The van der Waals surface area contributed by atoms with Gasteiger partial charge in [0.15, 0.2) is 0 Å². The first-order valence-electron chi connectivity index (χ1n) is 6.45. The molecule has 0 atom stereocenters. The Bertz CT molecular complexity index is 604. The van der Waals surface area contributed by atoms with Gasteiger partial charge in [-0.25, -0.2) is 14.4 Å². The molecule has 0 unspecified atom stereocenters. The van der Waals surface area contributed by atoms with Crippen LogP contribution in [0.1, 0.15) is 19.4 Å². The van der Waals surface area contributed by atoms with Gasteiger partial charge in [-0.05, 0) is 31.5 Å². The van der Waals surface area contributed by atoms with E-state index in [9.17, 15) is 4.39 Å². The lowest BCUT2D eigenvalue weighted by atomic mass is 10.2. The van der Waals surface area contributed by atoms with Crippen LogP contribution in [0, 0.1) is 5.82 Å². The maximum Gasteiger partial charge on any atom is 0.143 e. The van der Waals surface area contributed by atoms with Crippen molar-refractivity contribution in [2.75, 3.05) is 17.2 Å². The molecule has 0 radical (unpaired) electrons. The number of aromatic nitrogens is 2. The summed E-state index contributed by atoms with van der Waals surface area (Å²) in [4.78, 5) is 8.44. The van der Waals surface area contributed by atoms with Gasteiger partial charge in [-0.1, -0.05) is 18.5 Å². The summed E-state index contributed by atoms with van der Waals surface area (Å²) in [6.07, 6.45) is 2.24. The van der Waals surface area contributed by atoms with E-state index in [0.717, 1.165) is 24.3 Å². The minimum atomic E-state index is -0.462. The third kappa shape index (κ3) is 3.17. The number of anilines is 3. The van der Waals surface area contributed by atoms with Crippen LogP contribution in [0.3, 0.4) is 0 Å². The van der Waals surface area contributed by atoms with Gasteiger partial charge in [-0.15, -0.1) is 0 Å². The van der Waals surface area contributed by atoms with Crippen molar-refractivity contribution in [3.63, 3.8) is 0 Å². The largest absolute Gasteiger partial charge is 0.370 e. The second-order valence-electron chi connectivity index (χ2n) is 4.19. The molecule has 0 fully saturated rings. The van der Waals surface area contributed by atoms with Gasteiger partial charge in [-0.3, -0.25) is 0 Å². The molecule has 0 spiro atoms. The number of halogens is 2. The minimum absolute atomic E-state index is 0.0993. The van der Waals surface area contributed by atoms with Crippen LogP contribution in [0.4, 0.5) is 21.7 Å². The molecule has 20 heavy (non-hydrogen) atoms. The van der Waals surface area contributed by atoms with Crippen molar-refractivity contribution in [1.82, 2.24) is 9.97 Å². The van der Waals surface area contributed by atoms with Crippen molar-refractivity contribution in [2.45, 2.75) is 20.3 Å². The van der Waals surface area contributed by atoms with Crippen molar-refractivity contribution < 1.29 is 4.39 Å². The maximum absolute atomic E-state index is 13.4. The van der Waals surface area contributed by atoms with Gasteiger partial charge in [-0.2, -0.15) is 0 Å². The lowest BCUT2D eigenvalue weighted by molar-refractivity contribution is 0.629. The third-order valence-electron chi connectivity index (χ3n) is 2.83. The molecule has 1 heterocycles. The van der Waals surface area contributed by atoms with Crippen molar-refractivity contribution in [3.8, 4) is 0 Å². The first-order valence-corrected chi connectivity index (χ1v) is 6.83. The number of rotatable bonds is 5. The lowest BCUT2D eigenvalue weighted by Crippen LogP contribution is -2.07. The van der Waals surface area contributed by atoms with Crippen LogP contribution in [0.5, 0.6) is 0 Å². The number of nitrogens with one attached hydrogen (secondary N) is 2. The SMILES string of the molecule is CCNc1ncnc(Nc2ccc(Cl)c(F)c2)c1CC. The highest BCUT2D eigenvalue weighted by Gasteiger charge is 2.10. The molecule has 2 N–H and O–H groups in total. The summed E-state index contributed by atoms with van der Waals surface area (Å²) in [5, 5.41) is 6.39. The number of hydrogen-bond acceptors (Lipinski definition) is 4. The summed E-state index contributed by atoms with van der Waals surface area (Å²) in [7, 11) is 0. The van der Waals surface area contributed by atoms with Crippen LogP contribution in [0.2, 0.25) is 5.02 Å². The smallest absolute Gasteiger partial charge is 0.143 e. The molecular formula is C14H16ClFN4. The van der Waals surface area contributed by atoms with E-state index in [4.69, 9.17) is 11.6 Å². The Morgan fingerprint density at radius 1 is 1.20 bits per heavy atom. The number of hydrogen-bond donors (Lipinski definition) is 2. The molecule has 0 bridgehead atoms. The average Bonchev–Trinajstić information content (AvgIpc) is 2.44. The summed E-state index contributed by atoms with van der Waals surface area (Å²) in [6, 6.07) is 4.56. The Balaban J connectivity index is 2.32. The van der Waals surface area contributed by atoms with Crippen LogP contribution in [0.15, 0.2) is 24.5 Å². The molecule has 0 aliphatic heterocycles. The predicted molar refractivity (Wildman–Crippen MR) is 80.3 cm³/mol. The number of nitrogens with zero attached hydrogens (tertiary/aromatic N) is 2. The molecule has 1 aromatic carbocycles. The molecule has 0 saturated carbocycles. The van der Waals surface area contributed by atoms with Crippen molar-refractivity contribution in [3.05, 3.63) is 40.9 Å². The molecule has 106 valence electrons. The van der Waals surface area contributed by atoms with Gasteiger partial charge in [0, 0.05) is 17.8 Å². The normalized spacial score (nSPS) is 10.4. The highest BCUT2D eigenvalue weighted by Crippen LogP contribution is 2.25. The Kier molecular flexibility index (Phi) is 4.74. The Hall–Kier alpha value is -1.88. The van der Waals surface area contributed by atoms with Crippen LogP contribution in [0.25, 0.3) is 0 Å². The van der Waals surface area contributed by atoms with Crippen LogP contribution in [-0.4, -0.2) is 16.5 Å². The lowest BCUT2D eigenvalue weighted by Gasteiger charge is -2.13. The monoisotopic (exact) mass is 294 g/mol. The van der Waals surface area contributed by atoms with Crippen molar-refractivity contribution in [1.29, 1.82) is 0 Å². The van der Waals surface area contributed by atoms with E-state index in [1.54, 1.807) is 6.07 Å². The van der Waals surface area contributed by atoms with Crippen LogP contribution in [-0.2, 0) is 6.42 Å². The van der Waals surface area contributed by atoms with E-state index in [1.807, 2.05) is 13.8 Å². The Labute approximate surface area is 122 Å². The van der Waals surface area contributed by atoms with Gasteiger partial charge < -0.3 is 10.6 Å². The fourth-order valence-corrected chi connectivity index (χ4v) is 2.00. The minimum Gasteiger partial charge on any atom is -0.370 e. The molecule has 4 nitrogen and oxygen atoms in total. The molecule has 0 aliphatic carbocycles. The Morgan fingerprint density at radius 3 is 2.60 bits per heavy atom. The van der Waals surface area contributed by atoms with Gasteiger partial charge in [0.05, 0.1) is 5.02 Å². The maximum atomic E-state index is 13.4. The second-order valence-corrected chi connectivity index (χ2v) is 4.59. The highest BCUT2D eigenvalue weighted by atomic mass is 35.5. The van der Waals surface area contributed by atoms with Gasteiger partial charge in [0.1, 0.15) is 23.8 Å². The van der Waals surface area contributed by atoms with E-state index in [-0.39, 0.29) is 5.02 Å².